The van der Waals surface area contributed by atoms with Gasteiger partial charge in [-0.15, -0.1) is 11.3 Å². The Morgan fingerprint density at radius 3 is 2.57 bits per heavy atom. The number of thiazole rings is 1. The lowest BCUT2D eigenvalue weighted by Gasteiger charge is -2.11. The Balaban J connectivity index is 1.40. The molecule has 0 saturated carbocycles. The number of carbonyl (C=O) groups is 1. The number of rotatable bonds is 5. The molecule has 0 aliphatic carbocycles. The average molecular weight is 388 g/mol. The Kier molecular flexibility index (Phi) is 5.08. The van der Waals surface area contributed by atoms with Crippen molar-refractivity contribution < 1.29 is 9.53 Å². The molecular formula is C23H20N2O2S. The molecule has 0 bridgehead atoms. The summed E-state index contributed by atoms with van der Waals surface area (Å²) in [6.07, 6.45) is 0. The number of amides is 1. The van der Waals surface area contributed by atoms with E-state index in [0.717, 1.165) is 38.7 Å². The summed E-state index contributed by atoms with van der Waals surface area (Å²) in [5.41, 5.74) is 4.97. The van der Waals surface area contributed by atoms with Crippen LogP contribution in [0.2, 0.25) is 0 Å². The molecule has 4 rings (SSSR count). The highest BCUT2D eigenvalue weighted by molar-refractivity contribution is 7.21. The molecule has 5 heteroatoms. The van der Waals surface area contributed by atoms with E-state index in [4.69, 9.17) is 4.74 Å². The van der Waals surface area contributed by atoms with Gasteiger partial charge in [0.25, 0.3) is 5.91 Å². The summed E-state index contributed by atoms with van der Waals surface area (Å²) in [5, 5.41) is 3.84. The second kappa shape index (κ2) is 7.82. The van der Waals surface area contributed by atoms with Crippen LogP contribution in [0, 0.1) is 13.8 Å². The maximum absolute atomic E-state index is 12.2. The number of para-hydroxylation sites is 1. The zero-order valence-electron chi connectivity index (χ0n) is 15.7. The van der Waals surface area contributed by atoms with Crippen molar-refractivity contribution in [2.45, 2.75) is 13.8 Å². The first-order valence-corrected chi connectivity index (χ1v) is 9.87. The predicted molar refractivity (Wildman–Crippen MR) is 115 cm³/mol. The van der Waals surface area contributed by atoms with Gasteiger partial charge in [0.15, 0.2) is 6.61 Å². The van der Waals surface area contributed by atoms with Crippen molar-refractivity contribution in [2.24, 2.45) is 0 Å². The molecule has 0 spiro atoms. The number of benzene rings is 3. The molecule has 1 aromatic heterocycles. The molecule has 3 aromatic carbocycles. The molecule has 1 amide bonds. The standard InChI is InChI=1S/C23H20N2O2S/c1-15-6-5-8-20(16(15)2)27-14-22(26)24-18-12-10-17(11-13-18)23-25-19-7-3-4-9-21(19)28-23/h3-13H,14H2,1-2H3,(H,24,26). The smallest absolute Gasteiger partial charge is 0.262 e. The van der Waals surface area contributed by atoms with E-state index in [1.165, 1.54) is 4.70 Å². The van der Waals surface area contributed by atoms with Gasteiger partial charge in [-0.3, -0.25) is 4.79 Å². The van der Waals surface area contributed by atoms with Crippen LogP contribution in [0.25, 0.3) is 20.8 Å². The van der Waals surface area contributed by atoms with Crippen molar-refractivity contribution >= 4 is 33.1 Å². The zero-order valence-corrected chi connectivity index (χ0v) is 16.5. The quantitative estimate of drug-likeness (QED) is 0.484. The molecular weight excluding hydrogens is 368 g/mol. The molecule has 1 N–H and O–H groups in total. The van der Waals surface area contributed by atoms with Gasteiger partial charge in [0.2, 0.25) is 0 Å². The van der Waals surface area contributed by atoms with Crippen LogP contribution in [0.1, 0.15) is 11.1 Å². The monoisotopic (exact) mass is 388 g/mol. The SMILES string of the molecule is Cc1cccc(OCC(=O)Nc2ccc(-c3nc4ccccc4s3)cc2)c1C. The number of hydrogen-bond acceptors (Lipinski definition) is 4. The van der Waals surface area contributed by atoms with E-state index in [-0.39, 0.29) is 12.5 Å². The molecule has 0 aliphatic heterocycles. The summed E-state index contributed by atoms with van der Waals surface area (Å²) in [7, 11) is 0. The molecule has 4 nitrogen and oxygen atoms in total. The van der Waals surface area contributed by atoms with E-state index in [0.29, 0.717) is 0 Å². The molecule has 0 atom stereocenters. The van der Waals surface area contributed by atoms with Crippen molar-refractivity contribution in [1.82, 2.24) is 4.98 Å². The van der Waals surface area contributed by atoms with Gasteiger partial charge >= 0.3 is 0 Å². The first-order valence-electron chi connectivity index (χ1n) is 9.05. The molecule has 4 aromatic rings. The van der Waals surface area contributed by atoms with Crippen molar-refractivity contribution in [3.05, 3.63) is 77.9 Å². The fourth-order valence-electron chi connectivity index (χ4n) is 2.91. The van der Waals surface area contributed by atoms with Crippen LogP contribution < -0.4 is 10.1 Å². The molecule has 0 fully saturated rings. The normalized spacial score (nSPS) is 10.8. The topological polar surface area (TPSA) is 51.2 Å². The Bertz CT molecular complexity index is 1100. The van der Waals surface area contributed by atoms with Crippen LogP contribution in [0.5, 0.6) is 5.75 Å². The van der Waals surface area contributed by atoms with Gasteiger partial charge in [0.05, 0.1) is 10.2 Å². The summed E-state index contributed by atoms with van der Waals surface area (Å²) < 4.78 is 6.82. The number of aryl methyl sites for hydroxylation is 1. The molecule has 0 aliphatic rings. The van der Waals surface area contributed by atoms with Gasteiger partial charge in [-0.2, -0.15) is 0 Å². The van der Waals surface area contributed by atoms with E-state index in [1.807, 2.05) is 74.5 Å². The van der Waals surface area contributed by atoms with Crippen molar-refractivity contribution in [3.8, 4) is 16.3 Å². The van der Waals surface area contributed by atoms with Gasteiger partial charge in [0.1, 0.15) is 10.8 Å². The van der Waals surface area contributed by atoms with Gasteiger partial charge in [-0.25, -0.2) is 4.98 Å². The number of aromatic nitrogens is 1. The molecule has 140 valence electrons. The number of anilines is 1. The Labute approximate surface area is 167 Å². The number of carbonyl (C=O) groups excluding carboxylic acids is 1. The zero-order chi connectivity index (χ0) is 19.5. The van der Waals surface area contributed by atoms with Crippen LogP contribution in [0.4, 0.5) is 5.69 Å². The molecule has 0 radical (unpaired) electrons. The summed E-state index contributed by atoms with van der Waals surface area (Å²) in [6.45, 7) is 3.99. The van der Waals surface area contributed by atoms with Gasteiger partial charge < -0.3 is 10.1 Å². The summed E-state index contributed by atoms with van der Waals surface area (Å²) in [4.78, 5) is 16.9. The fourth-order valence-corrected chi connectivity index (χ4v) is 3.88. The number of ether oxygens (including phenoxy) is 1. The highest BCUT2D eigenvalue weighted by Crippen LogP contribution is 2.30. The van der Waals surface area contributed by atoms with Gasteiger partial charge in [0, 0.05) is 11.3 Å². The first kappa shape index (κ1) is 18.2. The van der Waals surface area contributed by atoms with Gasteiger partial charge in [-0.1, -0.05) is 24.3 Å². The number of hydrogen-bond donors (Lipinski definition) is 1. The van der Waals surface area contributed by atoms with Crippen LogP contribution in [0.15, 0.2) is 66.7 Å². The highest BCUT2D eigenvalue weighted by atomic mass is 32.1. The molecule has 1 heterocycles. The highest BCUT2D eigenvalue weighted by Gasteiger charge is 2.08. The van der Waals surface area contributed by atoms with Crippen LogP contribution in [-0.2, 0) is 4.79 Å². The van der Waals surface area contributed by atoms with Crippen molar-refractivity contribution in [2.75, 3.05) is 11.9 Å². The minimum absolute atomic E-state index is 0.0239. The largest absolute Gasteiger partial charge is 0.483 e. The fraction of sp³-hybridized carbons (Fsp3) is 0.130. The third-order valence-electron chi connectivity index (χ3n) is 4.62. The van der Waals surface area contributed by atoms with E-state index >= 15 is 0 Å². The number of nitrogens with one attached hydrogen (secondary N) is 1. The van der Waals surface area contributed by atoms with E-state index in [1.54, 1.807) is 11.3 Å². The Hall–Kier alpha value is -3.18. The summed E-state index contributed by atoms with van der Waals surface area (Å²) in [5.74, 6) is 0.551. The van der Waals surface area contributed by atoms with Crippen molar-refractivity contribution in [3.63, 3.8) is 0 Å². The van der Waals surface area contributed by atoms with Crippen LogP contribution in [0.3, 0.4) is 0 Å². The first-order chi connectivity index (χ1) is 13.6. The summed E-state index contributed by atoms with van der Waals surface area (Å²) >= 11 is 1.66. The molecule has 28 heavy (non-hydrogen) atoms. The lowest BCUT2D eigenvalue weighted by molar-refractivity contribution is -0.118. The predicted octanol–water partition coefficient (Wildman–Crippen LogP) is 5.60. The third kappa shape index (κ3) is 3.89. The lowest BCUT2D eigenvalue weighted by Crippen LogP contribution is -2.20. The lowest BCUT2D eigenvalue weighted by atomic mass is 10.1. The van der Waals surface area contributed by atoms with E-state index < -0.39 is 0 Å². The van der Waals surface area contributed by atoms with E-state index in [2.05, 4.69) is 16.4 Å². The number of fused-ring (bicyclic) bond motifs is 1. The van der Waals surface area contributed by atoms with E-state index in [9.17, 15) is 4.79 Å². The second-order valence-electron chi connectivity index (χ2n) is 6.60. The Morgan fingerprint density at radius 1 is 1.00 bits per heavy atom. The minimum atomic E-state index is -0.186. The molecule has 0 unspecified atom stereocenters. The Morgan fingerprint density at radius 2 is 1.79 bits per heavy atom. The van der Waals surface area contributed by atoms with Crippen LogP contribution >= 0.6 is 11.3 Å². The second-order valence-corrected chi connectivity index (χ2v) is 7.63. The number of nitrogens with zero attached hydrogens (tertiary/aromatic N) is 1. The van der Waals surface area contributed by atoms with Crippen LogP contribution in [-0.4, -0.2) is 17.5 Å². The van der Waals surface area contributed by atoms with Gasteiger partial charge in [-0.05, 0) is 67.4 Å². The maximum atomic E-state index is 12.2. The summed E-state index contributed by atoms with van der Waals surface area (Å²) in [6, 6.07) is 21.6. The maximum Gasteiger partial charge on any atom is 0.262 e. The minimum Gasteiger partial charge on any atom is -0.483 e. The third-order valence-corrected chi connectivity index (χ3v) is 5.71. The van der Waals surface area contributed by atoms with Crippen molar-refractivity contribution in [1.29, 1.82) is 0 Å². The molecule has 0 saturated heterocycles. The average Bonchev–Trinajstić information content (AvgIpc) is 3.14.